The van der Waals surface area contributed by atoms with E-state index in [4.69, 9.17) is 19.7 Å². The molecule has 4 heterocycles. The van der Waals surface area contributed by atoms with Crippen molar-refractivity contribution in [1.29, 1.82) is 0 Å². The van der Waals surface area contributed by atoms with Crippen LogP contribution in [-0.4, -0.2) is 19.5 Å². The van der Waals surface area contributed by atoms with Gasteiger partial charge in [-0.15, -0.1) is 11.3 Å². The summed E-state index contributed by atoms with van der Waals surface area (Å²) in [6.07, 6.45) is 13.0. The lowest BCUT2D eigenvalue weighted by molar-refractivity contribution is 0.424. The summed E-state index contributed by atoms with van der Waals surface area (Å²) in [4.78, 5) is 16.0. The summed E-state index contributed by atoms with van der Waals surface area (Å²) in [5, 5.41) is 3.60. The van der Waals surface area contributed by atoms with Crippen LogP contribution in [0.5, 0.6) is 5.75 Å². The summed E-state index contributed by atoms with van der Waals surface area (Å²) in [6.45, 7) is 4.23. The Bertz CT molecular complexity index is 3020. The number of benzene rings is 6. The molecule has 0 radical (unpaired) electrons. The second-order valence-electron chi connectivity index (χ2n) is 14.0. The first kappa shape index (κ1) is 32.3. The van der Waals surface area contributed by atoms with Crippen LogP contribution in [0.3, 0.4) is 0 Å². The molecule has 0 fully saturated rings. The second kappa shape index (κ2) is 12.7. The Morgan fingerprint density at radius 1 is 0.625 bits per heavy atom. The lowest BCUT2D eigenvalue weighted by Crippen LogP contribution is -2.20. The van der Waals surface area contributed by atoms with Gasteiger partial charge < -0.3 is 9.30 Å². The van der Waals surface area contributed by atoms with Gasteiger partial charge in [-0.3, -0.25) is 0 Å². The molecule has 0 spiro atoms. The van der Waals surface area contributed by atoms with E-state index in [1.165, 1.54) is 21.8 Å². The van der Waals surface area contributed by atoms with Gasteiger partial charge in [-0.1, -0.05) is 152 Å². The van der Waals surface area contributed by atoms with Gasteiger partial charge in [0.05, 0.1) is 22.1 Å². The number of rotatable bonds is 7. The molecule has 0 bridgehead atoms. The molecule has 56 heavy (non-hydrogen) atoms. The highest BCUT2D eigenvalue weighted by molar-refractivity contribution is 7.20. The number of aromatic nitrogens is 4. The standard InChI is InChI=1S/C50H32N4OS/c1-2-43-38(37-27-26-34(31-44(37)56-43)49-52-47(32-15-5-3-6-16-32)51-48(53-49)33-17-7-4-8-18-33)28-30-50-29-14-25-45(50)55-42-24-13-23-41(46(42)50)54-39-21-11-9-19-35(39)36-20-10-12-22-40(36)54/h2-31H,1H2/b30-28-. The quantitative estimate of drug-likeness (QED) is 0.163. The van der Waals surface area contributed by atoms with E-state index in [-0.39, 0.29) is 0 Å². The van der Waals surface area contributed by atoms with E-state index in [2.05, 4.69) is 126 Å². The van der Waals surface area contributed by atoms with Gasteiger partial charge >= 0.3 is 0 Å². The molecule has 0 saturated carbocycles. The van der Waals surface area contributed by atoms with Gasteiger partial charge in [0.15, 0.2) is 17.5 Å². The van der Waals surface area contributed by atoms with Gasteiger partial charge in [-0.05, 0) is 36.4 Å². The molecule has 6 heteroatoms. The number of ether oxygens (including phenoxy) is 1. The zero-order valence-corrected chi connectivity index (χ0v) is 30.9. The number of thiophene rings is 1. The zero-order chi connectivity index (χ0) is 37.2. The highest BCUT2D eigenvalue weighted by Crippen LogP contribution is 2.54. The fraction of sp³-hybridized carbons (Fsp3) is 0.0200. The third-order valence-corrected chi connectivity index (χ3v) is 12.1. The Kier molecular flexibility index (Phi) is 7.34. The highest BCUT2D eigenvalue weighted by atomic mass is 32.1. The molecule has 2 aliphatic rings. The van der Waals surface area contributed by atoms with Gasteiger partial charge in [-0.25, -0.2) is 15.0 Å². The Balaban J connectivity index is 1.04. The molecule has 0 N–H and O–H groups in total. The van der Waals surface area contributed by atoms with Crippen LogP contribution in [0.4, 0.5) is 0 Å². The third kappa shape index (κ3) is 4.96. The minimum absolute atomic E-state index is 0.586. The molecule has 6 aromatic carbocycles. The molecular formula is C50H32N4OS. The summed E-state index contributed by atoms with van der Waals surface area (Å²) in [5.41, 5.74) is 7.91. The maximum Gasteiger partial charge on any atom is 0.164 e. The van der Waals surface area contributed by atoms with Crippen LogP contribution in [0.2, 0.25) is 0 Å². The van der Waals surface area contributed by atoms with Crippen LogP contribution in [0.25, 0.3) is 83.9 Å². The van der Waals surface area contributed by atoms with Crippen molar-refractivity contribution in [1.82, 2.24) is 19.5 Å². The number of para-hydroxylation sites is 2. The van der Waals surface area contributed by atoms with Gasteiger partial charge in [0.25, 0.3) is 0 Å². The average Bonchev–Trinajstić information content (AvgIpc) is 4.01. The number of nitrogens with zero attached hydrogens (tertiary/aromatic N) is 4. The van der Waals surface area contributed by atoms with Crippen LogP contribution in [0, 0.1) is 0 Å². The van der Waals surface area contributed by atoms with E-state index < -0.39 is 5.41 Å². The summed E-state index contributed by atoms with van der Waals surface area (Å²) in [7, 11) is 0. The van der Waals surface area contributed by atoms with Gasteiger partial charge in [0.1, 0.15) is 11.5 Å². The van der Waals surface area contributed by atoms with E-state index in [1.54, 1.807) is 11.3 Å². The van der Waals surface area contributed by atoms with Gasteiger partial charge in [-0.2, -0.15) is 0 Å². The SMILES string of the molecule is C=Cc1sc2cc(-c3nc(-c4ccccc4)nc(-c4ccccc4)n3)ccc2c1/C=C\C12C=CC=C1Oc1cccc(-n3c4ccccc4c4ccccc43)c12. The summed E-state index contributed by atoms with van der Waals surface area (Å²) >= 11 is 1.72. The predicted octanol–water partition coefficient (Wildman–Crippen LogP) is 12.6. The molecule has 1 aliphatic heterocycles. The second-order valence-corrected chi connectivity index (χ2v) is 15.1. The van der Waals surface area contributed by atoms with Crippen molar-refractivity contribution < 1.29 is 4.74 Å². The number of hydrogen-bond acceptors (Lipinski definition) is 5. The lowest BCUT2D eigenvalue weighted by atomic mass is 9.79. The first-order chi connectivity index (χ1) is 27.7. The Morgan fingerprint density at radius 3 is 1.91 bits per heavy atom. The smallest absolute Gasteiger partial charge is 0.164 e. The first-order valence-electron chi connectivity index (χ1n) is 18.6. The normalized spacial score (nSPS) is 15.8. The van der Waals surface area contributed by atoms with Crippen LogP contribution >= 0.6 is 11.3 Å². The summed E-state index contributed by atoms with van der Waals surface area (Å²) in [6, 6.07) is 50.3. The van der Waals surface area contributed by atoms with Crippen LogP contribution in [-0.2, 0) is 5.41 Å². The van der Waals surface area contributed by atoms with Crippen molar-refractivity contribution in [3.8, 4) is 45.6 Å². The minimum Gasteiger partial charge on any atom is -0.460 e. The molecule has 11 rings (SSSR count). The van der Waals surface area contributed by atoms with Crippen LogP contribution < -0.4 is 4.74 Å². The predicted molar refractivity (Wildman–Crippen MR) is 231 cm³/mol. The van der Waals surface area contributed by atoms with Crippen molar-refractivity contribution in [2.24, 2.45) is 0 Å². The van der Waals surface area contributed by atoms with Crippen molar-refractivity contribution in [3.63, 3.8) is 0 Å². The lowest BCUT2D eigenvalue weighted by Gasteiger charge is -2.23. The highest BCUT2D eigenvalue weighted by Gasteiger charge is 2.46. The summed E-state index contributed by atoms with van der Waals surface area (Å²) in [5.74, 6) is 3.69. The maximum atomic E-state index is 6.66. The van der Waals surface area contributed by atoms with E-state index in [1.807, 2.05) is 66.7 Å². The Morgan fingerprint density at radius 2 is 1.25 bits per heavy atom. The molecule has 5 nitrogen and oxygen atoms in total. The fourth-order valence-electron chi connectivity index (χ4n) is 8.31. The summed E-state index contributed by atoms with van der Waals surface area (Å²) < 4.78 is 10.2. The van der Waals surface area contributed by atoms with Crippen molar-refractivity contribution in [3.05, 3.63) is 198 Å². The van der Waals surface area contributed by atoms with E-state index in [0.29, 0.717) is 17.5 Å². The number of hydrogen-bond donors (Lipinski definition) is 0. The molecule has 9 aromatic rings. The molecule has 3 aromatic heterocycles. The monoisotopic (exact) mass is 736 g/mol. The van der Waals surface area contributed by atoms with Crippen LogP contribution in [0.15, 0.2) is 182 Å². The first-order valence-corrected chi connectivity index (χ1v) is 19.5. The number of allylic oxidation sites excluding steroid dienone is 3. The zero-order valence-electron chi connectivity index (χ0n) is 30.1. The average molecular weight is 737 g/mol. The molecule has 1 atom stereocenters. The minimum atomic E-state index is -0.586. The largest absolute Gasteiger partial charge is 0.460 e. The van der Waals surface area contributed by atoms with E-state index in [9.17, 15) is 0 Å². The fourth-order valence-corrected chi connectivity index (χ4v) is 9.39. The molecule has 1 unspecified atom stereocenters. The molecule has 264 valence electrons. The van der Waals surface area contributed by atoms with E-state index in [0.717, 1.165) is 60.0 Å². The van der Waals surface area contributed by atoms with Crippen molar-refractivity contribution in [2.75, 3.05) is 0 Å². The van der Waals surface area contributed by atoms with Crippen LogP contribution in [0.1, 0.15) is 16.0 Å². The molecular weight excluding hydrogens is 705 g/mol. The molecule has 0 saturated heterocycles. The number of fused-ring (bicyclic) bond motifs is 7. The maximum absolute atomic E-state index is 6.66. The molecule has 1 aliphatic carbocycles. The van der Waals surface area contributed by atoms with Crippen molar-refractivity contribution in [2.45, 2.75) is 5.41 Å². The van der Waals surface area contributed by atoms with Gasteiger partial charge in [0, 0.05) is 53.6 Å². The third-order valence-electron chi connectivity index (χ3n) is 10.9. The Labute approximate surface area is 327 Å². The Hall–Kier alpha value is -7.15. The van der Waals surface area contributed by atoms with Crippen molar-refractivity contribution >= 4 is 55.4 Å². The topological polar surface area (TPSA) is 52.8 Å². The molecule has 0 amide bonds. The van der Waals surface area contributed by atoms with E-state index >= 15 is 0 Å². The van der Waals surface area contributed by atoms with Gasteiger partial charge in [0.2, 0.25) is 0 Å².